The van der Waals surface area contributed by atoms with Crippen LogP contribution >= 0.6 is 0 Å². The highest BCUT2D eigenvalue weighted by Gasteiger charge is 2.30. The van der Waals surface area contributed by atoms with E-state index in [4.69, 9.17) is 4.74 Å². The highest BCUT2D eigenvalue weighted by atomic mass is 16.5. The van der Waals surface area contributed by atoms with Crippen molar-refractivity contribution in [3.63, 3.8) is 0 Å². The zero-order valence-electron chi connectivity index (χ0n) is 16.2. The first-order valence-electron chi connectivity index (χ1n) is 9.28. The van der Waals surface area contributed by atoms with E-state index in [1.54, 1.807) is 31.4 Å². The Morgan fingerprint density at radius 3 is 2.35 bits per heavy atom. The zero-order chi connectivity index (χ0) is 19.2. The van der Waals surface area contributed by atoms with E-state index < -0.39 is 6.04 Å². The van der Waals surface area contributed by atoms with Crippen LogP contribution in [0.2, 0.25) is 0 Å². The fraction of sp³-hybridized carbons (Fsp3) is 0.600. The Balaban J connectivity index is 1.95. The molecule has 1 unspecified atom stereocenters. The van der Waals surface area contributed by atoms with E-state index >= 15 is 0 Å². The summed E-state index contributed by atoms with van der Waals surface area (Å²) in [5.74, 6) is 0.309. The number of benzene rings is 1. The minimum atomic E-state index is -0.560. The molecule has 6 heteroatoms. The van der Waals surface area contributed by atoms with Crippen LogP contribution in [-0.4, -0.2) is 44.6 Å². The number of hydrogen-bond acceptors (Lipinski definition) is 4. The molecule has 0 saturated carbocycles. The van der Waals surface area contributed by atoms with Gasteiger partial charge >= 0.3 is 0 Å². The number of rotatable bonds is 7. The van der Waals surface area contributed by atoms with Crippen LogP contribution in [-0.2, 0) is 4.79 Å². The predicted octanol–water partition coefficient (Wildman–Crippen LogP) is 1.96. The number of carbonyl (C=O) groups is 2. The standard InChI is InChI=1S/C20H31N3O3/c1-14(2)17(19(25)22-13-20(3)9-11-21-12-10-20)23-18(24)15-5-7-16(26-4)8-6-15/h5-8,14,17,21H,9-13H2,1-4H3,(H,22,25)(H,23,24). The average Bonchev–Trinajstić information content (AvgIpc) is 2.64. The normalized spacial score (nSPS) is 17.4. The van der Waals surface area contributed by atoms with Gasteiger partial charge in [-0.3, -0.25) is 9.59 Å². The van der Waals surface area contributed by atoms with E-state index in [2.05, 4.69) is 22.9 Å². The summed E-state index contributed by atoms with van der Waals surface area (Å²) < 4.78 is 5.11. The molecular formula is C20H31N3O3. The highest BCUT2D eigenvalue weighted by molar-refractivity contribution is 5.97. The van der Waals surface area contributed by atoms with Crippen molar-refractivity contribution in [2.75, 3.05) is 26.7 Å². The van der Waals surface area contributed by atoms with Gasteiger partial charge in [0.05, 0.1) is 7.11 Å². The van der Waals surface area contributed by atoms with Gasteiger partial charge in [0, 0.05) is 12.1 Å². The monoisotopic (exact) mass is 361 g/mol. The van der Waals surface area contributed by atoms with E-state index in [1.807, 2.05) is 13.8 Å². The maximum absolute atomic E-state index is 12.7. The van der Waals surface area contributed by atoms with Crippen molar-refractivity contribution in [1.29, 1.82) is 0 Å². The van der Waals surface area contributed by atoms with Crippen molar-refractivity contribution in [2.45, 2.75) is 39.7 Å². The molecule has 2 amide bonds. The van der Waals surface area contributed by atoms with Crippen molar-refractivity contribution in [2.24, 2.45) is 11.3 Å². The van der Waals surface area contributed by atoms with Gasteiger partial charge in [-0.1, -0.05) is 20.8 Å². The molecule has 26 heavy (non-hydrogen) atoms. The first-order chi connectivity index (χ1) is 12.3. The van der Waals surface area contributed by atoms with Crippen LogP contribution in [0, 0.1) is 11.3 Å². The van der Waals surface area contributed by atoms with Gasteiger partial charge < -0.3 is 20.7 Å². The third kappa shape index (κ3) is 5.46. The number of hydrogen-bond donors (Lipinski definition) is 3. The SMILES string of the molecule is COc1ccc(C(=O)NC(C(=O)NCC2(C)CCNCC2)C(C)C)cc1. The molecule has 1 aromatic carbocycles. The molecule has 0 radical (unpaired) electrons. The molecule has 1 aliphatic heterocycles. The van der Waals surface area contributed by atoms with E-state index in [1.165, 1.54) is 0 Å². The third-order valence-corrected chi connectivity index (χ3v) is 5.09. The molecule has 1 atom stereocenters. The third-order valence-electron chi connectivity index (χ3n) is 5.09. The predicted molar refractivity (Wildman–Crippen MR) is 102 cm³/mol. The average molecular weight is 361 g/mol. The summed E-state index contributed by atoms with van der Waals surface area (Å²) in [7, 11) is 1.58. The molecule has 1 saturated heterocycles. The number of carbonyl (C=O) groups excluding carboxylic acids is 2. The summed E-state index contributed by atoms with van der Waals surface area (Å²) in [5.41, 5.74) is 0.622. The molecule has 2 rings (SSSR count). The van der Waals surface area contributed by atoms with Gasteiger partial charge in [-0.15, -0.1) is 0 Å². The van der Waals surface area contributed by atoms with Crippen LogP contribution in [0.3, 0.4) is 0 Å². The molecule has 3 N–H and O–H groups in total. The lowest BCUT2D eigenvalue weighted by atomic mass is 9.81. The second kappa shape index (κ2) is 9.03. The Kier molecular flexibility index (Phi) is 7.03. The number of nitrogens with one attached hydrogen (secondary N) is 3. The Hall–Kier alpha value is -2.08. The van der Waals surface area contributed by atoms with Crippen molar-refractivity contribution in [3.8, 4) is 5.75 Å². The molecule has 144 valence electrons. The molecule has 0 aliphatic carbocycles. The lowest BCUT2D eigenvalue weighted by Crippen LogP contribution is -2.52. The van der Waals surface area contributed by atoms with Crippen LogP contribution in [0.5, 0.6) is 5.75 Å². The first-order valence-corrected chi connectivity index (χ1v) is 9.28. The van der Waals surface area contributed by atoms with E-state index in [9.17, 15) is 9.59 Å². The molecule has 1 fully saturated rings. The van der Waals surface area contributed by atoms with Gasteiger partial charge in [-0.05, 0) is 61.5 Å². The van der Waals surface area contributed by atoms with Crippen LogP contribution in [0.1, 0.15) is 44.0 Å². The fourth-order valence-corrected chi connectivity index (χ4v) is 3.12. The molecular weight excluding hydrogens is 330 g/mol. The lowest BCUT2D eigenvalue weighted by molar-refractivity contribution is -0.124. The van der Waals surface area contributed by atoms with Crippen LogP contribution in [0.4, 0.5) is 0 Å². The maximum atomic E-state index is 12.7. The van der Waals surface area contributed by atoms with Crippen molar-refractivity contribution < 1.29 is 14.3 Å². The second-order valence-electron chi connectivity index (χ2n) is 7.70. The van der Waals surface area contributed by atoms with Gasteiger partial charge in [0.2, 0.25) is 5.91 Å². The fourth-order valence-electron chi connectivity index (χ4n) is 3.12. The van der Waals surface area contributed by atoms with E-state index in [0.717, 1.165) is 25.9 Å². The molecule has 6 nitrogen and oxygen atoms in total. The maximum Gasteiger partial charge on any atom is 0.251 e. The van der Waals surface area contributed by atoms with Crippen molar-refractivity contribution >= 4 is 11.8 Å². The van der Waals surface area contributed by atoms with Crippen molar-refractivity contribution in [1.82, 2.24) is 16.0 Å². The quantitative estimate of drug-likeness (QED) is 0.694. The minimum absolute atomic E-state index is 0.00183. The molecule has 0 aromatic heterocycles. The van der Waals surface area contributed by atoms with E-state index in [-0.39, 0.29) is 23.1 Å². The molecule has 1 aliphatic rings. The first kappa shape index (κ1) is 20.2. The van der Waals surface area contributed by atoms with Gasteiger partial charge in [-0.25, -0.2) is 0 Å². The second-order valence-corrected chi connectivity index (χ2v) is 7.70. The molecule has 0 bridgehead atoms. The molecule has 1 heterocycles. The molecule has 0 spiro atoms. The van der Waals surface area contributed by atoms with Gasteiger partial charge in [-0.2, -0.15) is 0 Å². The number of amides is 2. The Bertz CT molecular complexity index is 607. The smallest absolute Gasteiger partial charge is 0.251 e. The van der Waals surface area contributed by atoms with Crippen LogP contribution < -0.4 is 20.7 Å². The van der Waals surface area contributed by atoms with E-state index in [0.29, 0.717) is 17.9 Å². The number of piperidine rings is 1. The Morgan fingerprint density at radius 2 is 1.81 bits per heavy atom. The van der Waals surface area contributed by atoms with Gasteiger partial charge in [0.25, 0.3) is 5.91 Å². The summed E-state index contributed by atoms with van der Waals surface area (Å²) in [6, 6.07) is 6.29. The van der Waals surface area contributed by atoms with Gasteiger partial charge in [0.15, 0.2) is 0 Å². The Labute approximate surface area is 156 Å². The number of methoxy groups -OCH3 is 1. The van der Waals surface area contributed by atoms with Crippen molar-refractivity contribution in [3.05, 3.63) is 29.8 Å². The summed E-state index contributed by atoms with van der Waals surface area (Å²) in [6.45, 7) is 8.67. The summed E-state index contributed by atoms with van der Waals surface area (Å²) in [5, 5.41) is 9.26. The topological polar surface area (TPSA) is 79.5 Å². The Morgan fingerprint density at radius 1 is 1.19 bits per heavy atom. The lowest BCUT2D eigenvalue weighted by Gasteiger charge is -2.35. The summed E-state index contributed by atoms with van der Waals surface area (Å²) in [6.07, 6.45) is 2.08. The zero-order valence-corrected chi connectivity index (χ0v) is 16.2. The van der Waals surface area contributed by atoms with Crippen LogP contribution in [0.15, 0.2) is 24.3 Å². The van der Waals surface area contributed by atoms with Crippen LogP contribution in [0.25, 0.3) is 0 Å². The minimum Gasteiger partial charge on any atom is -0.497 e. The summed E-state index contributed by atoms with van der Waals surface area (Å²) >= 11 is 0. The highest BCUT2D eigenvalue weighted by Crippen LogP contribution is 2.26. The largest absolute Gasteiger partial charge is 0.497 e. The number of ether oxygens (including phenoxy) is 1. The summed E-state index contributed by atoms with van der Waals surface area (Å²) in [4.78, 5) is 25.2. The molecule has 1 aromatic rings. The van der Waals surface area contributed by atoms with Gasteiger partial charge in [0.1, 0.15) is 11.8 Å².